The smallest absolute Gasteiger partial charge is 0.126 e. The maximum absolute atomic E-state index is 8.70. The van der Waals surface area contributed by atoms with Crippen molar-refractivity contribution in [3.63, 3.8) is 0 Å². The fourth-order valence-corrected chi connectivity index (χ4v) is 1.97. The molecule has 0 aliphatic rings. The molecular weight excluding hydrogens is 286 g/mol. The third-order valence-corrected chi connectivity index (χ3v) is 3.18. The Morgan fingerprint density at radius 3 is 2.39 bits per heavy atom. The molecule has 0 radical (unpaired) electrons. The molecule has 2 aromatic rings. The van der Waals surface area contributed by atoms with Crippen LogP contribution in [0.2, 0.25) is 0 Å². The molecule has 0 atom stereocenters. The van der Waals surface area contributed by atoms with Gasteiger partial charge in [-0.05, 0) is 42.6 Å². The Balaban J connectivity index is 2.43. The predicted octanol–water partition coefficient (Wildman–Crippen LogP) is 4.06. The minimum Gasteiger partial charge on any atom is -0.497 e. The van der Waals surface area contributed by atoms with Gasteiger partial charge < -0.3 is 4.74 Å². The van der Waals surface area contributed by atoms with Crippen LogP contribution in [0.1, 0.15) is 12.5 Å². The minimum atomic E-state index is 0.117. The lowest BCUT2D eigenvalue weighted by molar-refractivity contribution is 0.415. The lowest BCUT2D eigenvalue weighted by Gasteiger charge is -2.03. The second-order valence-electron chi connectivity index (χ2n) is 4.72. The Morgan fingerprint density at radius 2 is 1.78 bits per heavy atom. The normalized spacial score (nSPS) is 10.4. The summed E-state index contributed by atoms with van der Waals surface area (Å²) in [6.45, 7) is 1.97. The number of allylic oxidation sites excluding steroid dienone is 1. The Morgan fingerprint density at radius 1 is 1.09 bits per heavy atom. The minimum absolute atomic E-state index is 0.117. The predicted molar refractivity (Wildman–Crippen MR) is 93.5 cm³/mol. The van der Waals surface area contributed by atoms with E-state index in [9.17, 15) is 0 Å². The van der Waals surface area contributed by atoms with Crippen LogP contribution in [0.25, 0.3) is 5.57 Å². The van der Waals surface area contributed by atoms with Crippen LogP contribution in [0.5, 0.6) is 5.75 Å². The molecule has 0 aromatic heterocycles. The molecule has 23 heavy (non-hydrogen) atoms. The average Bonchev–Trinajstić information content (AvgIpc) is 2.61. The summed E-state index contributed by atoms with van der Waals surface area (Å²) in [5.74, 6) is 3.84. The molecule has 0 amide bonds. The number of ether oxygens (including phenoxy) is 1. The third kappa shape index (κ3) is 4.67. The molecule has 4 heteroatoms. The van der Waals surface area contributed by atoms with Gasteiger partial charge in [0.1, 0.15) is 12.3 Å². The molecule has 0 bridgehead atoms. The second-order valence-corrected chi connectivity index (χ2v) is 4.72. The molecule has 0 aliphatic carbocycles. The van der Waals surface area contributed by atoms with Crippen molar-refractivity contribution in [1.29, 1.82) is 5.26 Å². The number of methoxy groups -OCH3 is 1. The van der Waals surface area contributed by atoms with Gasteiger partial charge in [-0.3, -0.25) is 4.99 Å². The topological polar surface area (TPSA) is 57.7 Å². The van der Waals surface area contributed by atoms with E-state index in [1.807, 2.05) is 67.6 Å². The molecule has 114 valence electrons. The highest BCUT2D eigenvalue weighted by molar-refractivity contribution is 6.30. The standard InChI is InChI=1S/C19H17N3O/c1-15(21-13-12-20)19(16-6-4-3-5-7-16)14-22-17-8-10-18(23-2)11-9-17/h3-11H,13H2,1-2H3. The molecule has 0 unspecified atom stereocenters. The summed E-state index contributed by atoms with van der Waals surface area (Å²) in [5.41, 5.74) is 3.24. The van der Waals surface area contributed by atoms with Gasteiger partial charge in [0.05, 0.1) is 30.2 Å². The van der Waals surface area contributed by atoms with Gasteiger partial charge in [0.25, 0.3) is 0 Å². The first kappa shape index (κ1) is 16.2. The number of hydrogen-bond acceptors (Lipinski definition) is 4. The van der Waals surface area contributed by atoms with E-state index in [1.54, 1.807) is 7.11 Å². The van der Waals surface area contributed by atoms with Crippen LogP contribution in [0.4, 0.5) is 5.69 Å². The van der Waals surface area contributed by atoms with Gasteiger partial charge in [-0.1, -0.05) is 30.3 Å². The van der Waals surface area contributed by atoms with Crippen molar-refractivity contribution < 1.29 is 4.74 Å². The van der Waals surface area contributed by atoms with Crippen LogP contribution >= 0.6 is 0 Å². The fraction of sp³-hybridized carbons (Fsp3) is 0.158. The zero-order chi connectivity index (χ0) is 16.5. The van der Waals surface area contributed by atoms with Gasteiger partial charge in [0.2, 0.25) is 0 Å². The molecule has 2 aromatic carbocycles. The van der Waals surface area contributed by atoms with Gasteiger partial charge in [-0.15, -0.1) is 0 Å². The van der Waals surface area contributed by atoms with E-state index < -0.39 is 0 Å². The number of rotatable bonds is 5. The number of nitriles is 1. The van der Waals surface area contributed by atoms with Gasteiger partial charge in [0, 0.05) is 0 Å². The summed E-state index contributed by atoms with van der Waals surface area (Å²) in [5, 5.41) is 8.70. The van der Waals surface area contributed by atoms with E-state index in [2.05, 4.69) is 15.9 Å². The Hall–Kier alpha value is -3.15. The monoisotopic (exact) mass is 303 g/mol. The van der Waals surface area contributed by atoms with Crippen LogP contribution in [0, 0.1) is 11.3 Å². The van der Waals surface area contributed by atoms with Crippen LogP contribution in [-0.2, 0) is 0 Å². The maximum Gasteiger partial charge on any atom is 0.126 e. The molecule has 0 aliphatic heterocycles. The van der Waals surface area contributed by atoms with Crippen molar-refractivity contribution in [2.75, 3.05) is 13.7 Å². The highest BCUT2D eigenvalue weighted by atomic mass is 16.5. The molecular formula is C19H17N3O. The van der Waals surface area contributed by atoms with E-state index in [0.29, 0.717) is 0 Å². The second kappa shape index (κ2) is 8.33. The van der Waals surface area contributed by atoms with Gasteiger partial charge in [-0.25, -0.2) is 4.99 Å². The summed E-state index contributed by atoms with van der Waals surface area (Å²) in [7, 11) is 1.63. The molecule has 4 nitrogen and oxygen atoms in total. The zero-order valence-electron chi connectivity index (χ0n) is 13.2. The molecule has 0 heterocycles. The Labute approximate surface area is 136 Å². The molecule has 0 N–H and O–H groups in total. The highest BCUT2D eigenvalue weighted by Crippen LogP contribution is 2.18. The summed E-state index contributed by atoms with van der Waals surface area (Å²) in [6.07, 6.45) is 0. The lowest BCUT2D eigenvalue weighted by atomic mass is 10.0. The summed E-state index contributed by atoms with van der Waals surface area (Å²) < 4.78 is 5.13. The first-order valence-electron chi connectivity index (χ1n) is 7.16. The van der Waals surface area contributed by atoms with Crippen molar-refractivity contribution in [2.24, 2.45) is 9.98 Å². The van der Waals surface area contributed by atoms with Crippen LogP contribution in [0.15, 0.2) is 64.6 Å². The van der Waals surface area contributed by atoms with Gasteiger partial charge in [-0.2, -0.15) is 5.26 Å². The summed E-state index contributed by atoms with van der Waals surface area (Å²) >= 11 is 0. The summed E-state index contributed by atoms with van der Waals surface area (Å²) in [6, 6.07) is 19.2. The first-order chi connectivity index (χ1) is 11.2. The zero-order valence-corrected chi connectivity index (χ0v) is 13.2. The SMILES string of the molecule is COc1ccc(N=C=C(C(C)=NCC#N)c2ccccc2)cc1. The van der Waals surface area contributed by atoms with E-state index in [-0.39, 0.29) is 6.54 Å². The fourth-order valence-electron chi connectivity index (χ4n) is 1.97. The highest BCUT2D eigenvalue weighted by Gasteiger charge is 2.04. The molecule has 0 saturated carbocycles. The van der Waals surface area contributed by atoms with E-state index >= 15 is 0 Å². The van der Waals surface area contributed by atoms with Crippen molar-refractivity contribution in [3.8, 4) is 11.8 Å². The number of hydrogen-bond donors (Lipinski definition) is 0. The maximum atomic E-state index is 8.70. The van der Waals surface area contributed by atoms with Crippen molar-refractivity contribution in [2.45, 2.75) is 6.92 Å². The number of nitrogens with zero attached hydrogens (tertiary/aromatic N) is 3. The Kier molecular flexibility index (Phi) is 5.88. The quantitative estimate of drug-likeness (QED) is 0.617. The van der Waals surface area contributed by atoms with Crippen LogP contribution < -0.4 is 4.74 Å². The van der Waals surface area contributed by atoms with E-state index in [4.69, 9.17) is 10.00 Å². The number of aliphatic imine (C=N–C) groups is 2. The Bertz CT molecular complexity index is 778. The van der Waals surface area contributed by atoms with Gasteiger partial charge >= 0.3 is 0 Å². The van der Waals surface area contributed by atoms with Crippen molar-refractivity contribution >= 4 is 22.8 Å². The number of benzene rings is 2. The molecule has 2 rings (SSSR count). The van der Waals surface area contributed by atoms with Crippen LogP contribution in [0.3, 0.4) is 0 Å². The first-order valence-corrected chi connectivity index (χ1v) is 7.16. The molecule has 0 spiro atoms. The van der Waals surface area contributed by atoms with E-state index in [0.717, 1.165) is 28.3 Å². The van der Waals surface area contributed by atoms with Crippen molar-refractivity contribution in [1.82, 2.24) is 0 Å². The lowest BCUT2D eigenvalue weighted by Crippen LogP contribution is -1.99. The average molecular weight is 303 g/mol. The summed E-state index contributed by atoms with van der Waals surface area (Å²) in [4.78, 5) is 8.62. The van der Waals surface area contributed by atoms with E-state index in [1.165, 1.54) is 0 Å². The molecule has 0 saturated heterocycles. The largest absolute Gasteiger partial charge is 0.497 e. The van der Waals surface area contributed by atoms with Crippen molar-refractivity contribution in [3.05, 3.63) is 60.2 Å². The van der Waals surface area contributed by atoms with Crippen LogP contribution in [-0.4, -0.2) is 25.2 Å². The van der Waals surface area contributed by atoms with Gasteiger partial charge in [0.15, 0.2) is 0 Å². The molecule has 0 fully saturated rings. The third-order valence-electron chi connectivity index (χ3n) is 3.18.